The van der Waals surface area contributed by atoms with Crippen molar-refractivity contribution in [2.75, 3.05) is 5.32 Å². The lowest BCUT2D eigenvalue weighted by molar-refractivity contribution is -0.117. The Hall–Kier alpha value is -1.51. The van der Waals surface area contributed by atoms with Crippen LogP contribution in [0, 0.1) is 0 Å². The maximum Gasteiger partial charge on any atom is 0.228 e. The molecule has 0 saturated carbocycles. The number of carbonyl (C=O) groups excluding carboxylic acids is 1. The maximum atomic E-state index is 11.3. The van der Waals surface area contributed by atoms with Crippen molar-refractivity contribution in [3.05, 3.63) is 24.3 Å². The van der Waals surface area contributed by atoms with Gasteiger partial charge in [0.15, 0.2) is 0 Å². The van der Waals surface area contributed by atoms with Crippen LogP contribution in [0.5, 0.6) is 5.75 Å². The van der Waals surface area contributed by atoms with E-state index < -0.39 is 0 Å². The van der Waals surface area contributed by atoms with E-state index in [9.17, 15) is 4.79 Å². The van der Waals surface area contributed by atoms with E-state index in [0.29, 0.717) is 6.42 Å². The molecule has 0 aromatic heterocycles. The fourth-order valence-electron chi connectivity index (χ4n) is 1.39. The number of fused-ring (bicyclic) bond motifs is 1. The van der Waals surface area contributed by atoms with Gasteiger partial charge in [-0.25, -0.2) is 0 Å². The largest absolute Gasteiger partial charge is 0.488 e. The molecular formula is C10H11NO2. The summed E-state index contributed by atoms with van der Waals surface area (Å²) in [5, 5.41) is 2.79. The summed E-state index contributed by atoms with van der Waals surface area (Å²) in [6.45, 7) is 1.89. The molecule has 3 heteroatoms. The van der Waals surface area contributed by atoms with Crippen LogP contribution in [0.3, 0.4) is 0 Å². The Bertz CT molecular complexity index is 335. The smallest absolute Gasteiger partial charge is 0.228 e. The fraction of sp³-hybridized carbons (Fsp3) is 0.300. The topological polar surface area (TPSA) is 38.3 Å². The van der Waals surface area contributed by atoms with Gasteiger partial charge in [0.05, 0.1) is 12.1 Å². The van der Waals surface area contributed by atoms with Gasteiger partial charge in [0.1, 0.15) is 11.9 Å². The molecule has 1 heterocycles. The zero-order valence-electron chi connectivity index (χ0n) is 7.41. The molecule has 0 unspecified atom stereocenters. The van der Waals surface area contributed by atoms with Gasteiger partial charge in [0, 0.05) is 0 Å². The minimum atomic E-state index is -0.0522. The highest BCUT2D eigenvalue weighted by Gasteiger charge is 2.17. The number of rotatable bonds is 0. The van der Waals surface area contributed by atoms with E-state index in [1.54, 1.807) is 0 Å². The third-order valence-corrected chi connectivity index (χ3v) is 1.96. The van der Waals surface area contributed by atoms with Crippen molar-refractivity contribution in [3.8, 4) is 5.75 Å². The van der Waals surface area contributed by atoms with Gasteiger partial charge in [-0.05, 0) is 19.1 Å². The number of amides is 1. The van der Waals surface area contributed by atoms with Crippen LogP contribution < -0.4 is 10.1 Å². The van der Waals surface area contributed by atoms with Gasteiger partial charge in [-0.1, -0.05) is 12.1 Å². The van der Waals surface area contributed by atoms with E-state index in [0.717, 1.165) is 11.4 Å². The highest BCUT2D eigenvalue weighted by Crippen LogP contribution is 2.27. The summed E-state index contributed by atoms with van der Waals surface area (Å²) in [4.78, 5) is 11.3. The second kappa shape index (κ2) is 3.09. The molecule has 0 radical (unpaired) electrons. The first-order chi connectivity index (χ1) is 6.25. The number of anilines is 1. The molecule has 0 spiro atoms. The molecule has 1 amide bonds. The van der Waals surface area contributed by atoms with Crippen molar-refractivity contribution in [2.24, 2.45) is 0 Å². The number of carbonyl (C=O) groups is 1. The number of para-hydroxylation sites is 2. The predicted molar refractivity (Wildman–Crippen MR) is 49.8 cm³/mol. The molecule has 1 aromatic carbocycles. The second-order valence-electron chi connectivity index (χ2n) is 3.18. The average molecular weight is 177 g/mol. The van der Waals surface area contributed by atoms with Crippen molar-refractivity contribution in [1.29, 1.82) is 0 Å². The fourth-order valence-corrected chi connectivity index (χ4v) is 1.39. The lowest BCUT2D eigenvalue weighted by Gasteiger charge is -2.10. The maximum absolute atomic E-state index is 11.3. The molecule has 1 aliphatic rings. The Morgan fingerprint density at radius 1 is 1.46 bits per heavy atom. The van der Waals surface area contributed by atoms with Gasteiger partial charge in [-0.3, -0.25) is 4.79 Å². The normalized spacial score (nSPS) is 21.0. The predicted octanol–water partition coefficient (Wildman–Crippen LogP) is 1.80. The van der Waals surface area contributed by atoms with Crippen LogP contribution in [0.15, 0.2) is 24.3 Å². The lowest BCUT2D eigenvalue weighted by Crippen LogP contribution is -2.17. The molecule has 2 rings (SSSR count). The molecule has 0 fully saturated rings. The van der Waals surface area contributed by atoms with Crippen molar-refractivity contribution >= 4 is 11.6 Å². The lowest BCUT2D eigenvalue weighted by atomic mass is 10.3. The number of hydrogen-bond donors (Lipinski definition) is 1. The molecule has 0 aliphatic carbocycles. The Balaban J connectivity index is 2.38. The van der Waals surface area contributed by atoms with E-state index in [2.05, 4.69) is 5.32 Å². The molecule has 68 valence electrons. The molecule has 3 nitrogen and oxygen atoms in total. The molecule has 0 bridgehead atoms. The van der Waals surface area contributed by atoms with Crippen LogP contribution in [-0.4, -0.2) is 12.0 Å². The highest BCUT2D eigenvalue weighted by molar-refractivity contribution is 5.93. The monoisotopic (exact) mass is 177 g/mol. The molecular weight excluding hydrogens is 166 g/mol. The summed E-state index contributed by atoms with van der Waals surface area (Å²) in [6.07, 6.45) is 0.359. The van der Waals surface area contributed by atoms with Crippen LogP contribution >= 0.6 is 0 Å². The first-order valence-corrected chi connectivity index (χ1v) is 4.31. The SMILES string of the molecule is C[C@H]1CC(=O)Nc2ccccc2O1. The summed E-state index contributed by atoms with van der Waals surface area (Å²) in [6, 6.07) is 7.46. The van der Waals surface area contributed by atoms with Gasteiger partial charge >= 0.3 is 0 Å². The Morgan fingerprint density at radius 2 is 2.23 bits per heavy atom. The van der Waals surface area contributed by atoms with Crippen LogP contribution in [0.2, 0.25) is 0 Å². The standard InChI is InChI=1S/C10H11NO2/c1-7-6-10(12)11-8-4-2-3-5-9(8)13-7/h2-5,7H,6H2,1H3,(H,11,12)/t7-/m0/s1. The minimum absolute atomic E-state index is 0.0115. The molecule has 1 aromatic rings. The summed E-state index contributed by atoms with van der Waals surface area (Å²) in [5.74, 6) is 0.762. The summed E-state index contributed by atoms with van der Waals surface area (Å²) in [7, 11) is 0. The number of nitrogens with one attached hydrogen (secondary N) is 1. The number of benzene rings is 1. The first kappa shape index (κ1) is 8.10. The van der Waals surface area contributed by atoms with Gasteiger partial charge in [-0.2, -0.15) is 0 Å². The molecule has 1 N–H and O–H groups in total. The van der Waals surface area contributed by atoms with E-state index in [4.69, 9.17) is 4.74 Å². The summed E-state index contributed by atoms with van der Waals surface area (Å²) in [5.41, 5.74) is 0.761. The van der Waals surface area contributed by atoms with Crippen molar-refractivity contribution < 1.29 is 9.53 Å². The molecule has 1 atom stereocenters. The van der Waals surface area contributed by atoms with E-state index >= 15 is 0 Å². The Labute approximate surface area is 76.7 Å². The van der Waals surface area contributed by atoms with Gasteiger partial charge < -0.3 is 10.1 Å². The van der Waals surface area contributed by atoms with Gasteiger partial charge in [0.25, 0.3) is 0 Å². The molecule has 1 aliphatic heterocycles. The zero-order valence-corrected chi connectivity index (χ0v) is 7.41. The van der Waals surface area contributed by atoms with Gasteiger partial charge in [0.2, 0.25) is 5.91 Å². The molecule has 13 heavy (non-hydrogen) atoms. The number of ether oxygens (including phenoxy) is 1. The quantitative estimate of drug-likeness (QED) is 0.656. The van der Waals surface area contributed by atoms with E-state index in [1.165, 1.54) is 0 Å². The second-order valence-corrected chi connectivity index (χ2v) is 3.18. The number of hydrogen-bond acceptors (Lipinski definition) is 2. The van der Waals surface area contributed by atoms with Crippen molar-refractivity contribution in [3.63, 3.8) is 0 Å². The van der Waals surface area contributed by atoms with Crippen molar-refractivity contribution in [2.45, 2.75) is 19.4 Å². The van der Waals surface area contributed by atoms with E-state index in [1.807, 2.05) is 31.2 Å². The van der Waals surface area contributed by atoms with Crippen LogP contribution in [-0.2, 0) is 4.79 Å². The Kier molecular flexibility index (Phi) is 1.93. The first-order valence-electron chi connectivity index (χ1n) is 4.31. The third-order valence-electron chi connectivity index (χ3n) is 1.96. The Morgan fingerprint density at radius 3 is 3.08 bits per heavy atom. The van der Waals surface area contributed by atoms with Gasteiger partial charge in [-0.15, -0.1) is 0 Å². The average Bonchev–Trinajstić information content (AvgIpc) is 2.20. The third kappa shape index (κ3) is 1.64. The van der Waals surface area contributed by atoms with Crippen LogP contribution in [0.25, 0.3) is 0 Å². The highest BCUT2D eigenvalue weighted by atomic mass is 16.5. The van der Waals surface area contributed by atoms with Crippen molar-refractivity contribution in [1.82, 2.24) is 0 Å². The van der Waals surface area contributed by atoms with E-state index in [-0.39, 0.29) is 12.0 Å². The summed E-state index contributed by atoms with van der Waals surface area (Å²) >= 11 is 0. The zero-order chi connectivity index (χ0) is 9.26. The minimum Gasteiger partial charge on any atom is -0.488 e. The molecule has 0 saturated heterocycles. The van der Waals surface area contributed by atoms with Crippen LogP contribution in [0.1, 0.15) is 13.3 Å². The van der Waals surface area contributed by atoms with Crippen LogP contribution in [0.4, 0.5) is 5.69 Å². The summed E-state index contributed by atoms with van der Waals surface area (Å²) < 4.78 is 5.54.